The van der Waals surface area contributed by atoms with Gasteiger partial charge >= 0.3 is 0 Å². The Morgan fingerprint density at radius 2 is 2.47 bits per heavy atom. The van der Waals surface area contributed by atoms with E-state index in [2.05, 4.69) is 28.9 Å². The third-order valence-corrected chi connectivity index (χ3v) is 3.38. The molecule has 1 aromatic rings. The minimum atomic E-state index is 0.381. The van der Waals surface area contributed by atoms with Gasteiger partial charge in [0.25, 0.3) is 0 Å². The quantitative estimate of drug-likeness (QED) is 0.759. The van der Waals surface area contributed by atoms with Crippen molar-refractivity contribution < 1.29 is 0 Å². The Morgan fingerprint density at radius 3 is 3.07 bits per heavy atom. The second-order valence-electron chi connectivity index (χ2n) is 4.69. The van der Waals surface area contributed by atoms with Gasteiger partial charge in [-0.1, -0.05) is 6.92 Å². The Bertz CT molecular complexity index is 320. The molecular formula is C11H20N4. The number of aromatic nitrogens is 2. The van der Waals surface area contributed by atoms with Crippen LogP contribution in [0.2, 0.25) is 0 Å². The van der Waals surface area contributed by atoms with E-state index in [1.165, 1.54) is 11.3 Å². The van der Waals surface area contributed by atoms with Crippen molar-refractivity contribution in [3.8, 4) is 0 Å². The Labute approximate surface area is 90.8 Å². The van der Waals surface area contributed by atoms with Crippen molar-refractivity contribution in [1.82, 2.24) is 15.1 Å². The van der Waals surface area contributed by atoms with E-state index in [1.54, 1.807) is 0 Å². The fraction of sp³-hybridized carbons (Fsp3) is 0.727. The number of hydrogen-bond acceptors (Lipinski definition) is 3. The van der Waals surface area contributed by atoms with Crippen molar-refractivity contribution in [3.05, 3.63) is 17.5 Å². The van der Waals surface area contributed by atoms with Gasteiger partial charge in [0.1, 0.15) is 0 Å². The van der Waals surface area contributed by atoms with Crippen molar-refractivity contribution >= 4 is 0 Å². The van der Waals surface area contributed by atoms with Crippen LogP contribution in [0.5, 0.6) is 0 Å². The number of nitrogens with one attached hydrogen (secondary N) is 1. The number of aromatic amines is 1. The van der Waals surface area contributed by atoms with Crippen LogP contribution in [0.25, 0.3) is 0 Å². The maximum Gasteiger partial charge on any atom is 0.0535 e. The van der Waals surface area contributed by atoms with Crippen molar-refractivity contribution in [2.24, 2.45) is 11.7 Å². The molecule has 2 atom stereocenters. The number of piperidine rings is 1. The number of likely N-dealkylation sites (tertiary alicyclic amines) is 1. The molecule has 15 heavy (non-hydrogen) atoms. The van der Waals surface area contributed by atoms with Crippen molar-refractivity contribution in [2.45, 2.75) is 32.9 Å². The van der Waals surface area contributed by atoms with Gasteiger partial charge in [0.2, 0.25) is 0 Å². The zero-order valence-corrected chi connectivity index (χ0v) is 9.53. The molecule has 4 nitrogen and oxygen atoms in total. The number of nitrogens with two attached hydrogens (primary N) is 1. The van der Waals surface area contributed by atoms with Crippen LogP contribution in [0.4, 0.5) is 0 Å². The predicted octanol–water partition coefficient (Wildman–Crippen LogP) is 0.887. The highest BCUT2D eigenvalue weighted by Crippen LogP contribution is 2.17. The molecule has 1 aliphatic heterocycles. The van der Waals surface area contributed by atoms with E-state index >= 15 is 0 Å². The minimum absolute atomic E-state index is 0.381. The highest BCUT2D eigenvalue weighted by molar-refractivity contribution is 5.14. The molecular weight excluding hydrogens is 188 g/mol. The molecule has 2 unspecified atom stereocenters. The molecule has 1 aromatic heterocycles. The van der Waals surface area contributed by atoms with E-state index in [0.29, 0.717) is 12.0 Å². The van der Waals surface area contributed by atoms with Crippen LogP contribution in [0.3, 0.4) is 0 Å². The number of hydrogen-bond donors (Lipinski definition) is 2. The molecule has 0 bridgehead atoms. The number of aryl methyl sites for hydroxylation is 1. The molecule has 1 saturated heterocycles. The summed E-state index contributed by atoms with van der Waals surface area (Å²) in [5.74, 6) is 0.603. The predicted molar refractivity (Wildman–Crippen MR) is 60.4 cm³/mol. The van der Waals surface area contributed by atoms with Crippen LogP contribution in [-0.2, 0) is 6.54 Å². The Hall–Kier alpha value is -0.870. The fourth-order valence-electron chi connectivity index (χ4n) is 2.17. The summed E-state index contributed by atoms with van der Waals surface area (Å²) < 4.78 is 0. The van der Waals surface area contributed by atoms with Gasteiger partial charge in [-0.15, -0.1) is 0 Å². The SMILES string of the molecule is Cc1[nH]ncc1CN1CCC(N)C(C)C1. The van der Waals surface area contributed by atoms with E-state index < -0.39 is 0 Å². The molecule has 2 rings (SSSR count). The third-order valence-electron chi connectivity index (χ3n) is 3.38. The summed E-state index contributed by atoms with van der Waals surface area (Å²) in [6, 6.07) is 0.381. The smallest absolute Gasteiger partial charge is 0.0535 e. The molecule has 1 fully saturated rings. The molecule has 84 valence electrons. The van der Waals surface area contributed by atoms with Gasteiger partial charge in [-0.3, -0.25) is 10.00 Å². The lowest BCUT2D eigenvalue weighted by Crippen LogP contribution is -2.45. The van der Waals surface area contributed by atoms with E-state index in [9.17, 15) is 0 Å². The molecule has 2 heterocycles. The molecule has 4 heteroatoms. The third kappa shape index (κ3) is 2.38. The number of H-pyrrole nitrogens is 1. The first-order chi connectivity index (χ1) is 7.16. The maximum absolute atomic E-state index is 6.00. The lowest BCUT2D eigenvalue weighted by atomic mass is 9.94. The van der Waals surface area contributed by atoms with Crippen molar-refractivity contribution in [1.29, 1.82) is 0 Å². The molecule has 0 aliphatic carbocycles. The van der Waals surface area contributed by atoms with Gasteiger partial charge < -0.3 is 5.73 Å². The minimum Gasteiger partial charge on any atom is -0.327 e. The summed E-state index contributed by atoms with van der Waals surface area (Å²) in [6.45, 7) is 7.52. The van der Waals surface area contributed by atoms with Crippen LogP contribution in [0.15, 0.2) is 6.20 Å². The Kier molecular flexibility index (Phi) is 3.07. The lowest BCUT2D eigenvalue weighted by Gasteiger charge is -2.34. The topological polar surface area (TPSA) is 57.9 Å². The monoisotopic (exact) mass is 208 g/mol. The second kappa shape index (κ2) is 4.33. The first-order valence-corrected chi connectivity index (χ1v) is 5.63. The van der Waals surface area contributed by atoms with Crippen molar-refractivity contribution in [3.63, 3.8) is 0 Å². The van der Waals surface area contributed by atoms with Crippen molar-refractivity contribution in [2.75, 3.05) is 13.1 Å². The maximum atomic E-state index is 6.00. The molecule has 0 radical (unpaired) electrons. The van der Waals surface area contributed by atoms with Crippen LogP contribution in [0.1, 0.15) is 24.6 Å². The van der Waals surface area contributed by atoms with Gasteiger partial charge in [-0.05, 0) is 25.8 Å². The molecule has 0 aromatic carbocycles. The van der Waals surface area contributed by atoms with Crippen LogP contribution < -0.4 is 5.73 Å². The highest BCUT2D eigenvalue weighted by atomic mass is 15.2. The summed E-state index contributed by atoms with van der Waals surface area (Å²) in [4.78, 5) is 2.46. The molecule has 1 aliphatic rings. The Morgan fingerprint density at radius 1 is 1.67 bits per heavy atom. The average Bonchev–Trinajstić information content (AvgIpc) is 2.59. The molecule has 3 N–H and O–H groups in total. The normalized spacial score (nSPS) is 28.2. The number of nitrogens with zero attached hydrogens (tertiary/aromatic N) is 2. The summed E-state index contributed by atoms with van der Waals surface area (Å²) in [5, 5.41) is 7.02. The average molecular weight is 208 g/mol. The molecule has 0 amide bonds. The van der Waals surface area contributed by atoms with Gasteiger partial charge in [-0.2, -0.15) is 5.10 Å². The summed E-state index contributed by atoms with van der Waals surface area (Å²) in [6.07, 6.45) is 3.03. The highest BCUT2D eigenvalue weighted by Gasteiger charge is 2.23. The van der Waals surface area contributed by atoms with Crippen LogP contribution in [0, 0.1) is 12.8 Å². The molecule has 0 spiro atoms. The van der Waals surface area contributed by atoms with E-state index in [0.717, 1.165) is 26.1 Å². The largest absolute Gasteiger partial charge is 0.327 e. The van der Waals surface area contributed by atoms with Crippen LogP contribution in [-0.4, -0.2) is 34.2 Å². The van der Waals surface area contributed by atoms with Gasteiger partial charge in [0.15, 0.2) is 0 Å². The first kappa shape index (κ1) is 10.6. The van der Waals surface area contributed by atoms with E-state index in [4.69, 9.17) is 5.73 Å². The fourth-order valence-corrected chi connectivity index (χ4v) is 2.17. The second-order valence-corrected chi connectivity index (χ2v) is 4.69. The van der Waals surface area contributed by atoms with Gasteiger partial charge in [0, 0.05) is 30.4 Å². The Balaban J connectivity index is 1.94. The lowest BCUT2D eigenvalue weighted by molar-refractivity contribution is 0.157. The van der Waals surface area contributed by atoms with Gasteiger partial charge in [0.05, 0.1) is 6.20 Å². The zero-order valence-electron chi connectivity index (χ0n) is 9.53. The summed E-state index contributed by atoms with van der Waals surface area (Å²) >= 11 is 0. The van der Waals surface area contributed by atoms with E-state index in [-0.39, 0.29) is 0 Å². The summed E-state index contributed by atoms with van der Waals surface area (Å²) in [5.41, 5.74) is 8.48. The number of rotatable bonds is 2. The van der Waals surface area contributed by atoms with Gasteiger partial charge in [-0.25, -0.2) is 0 Å². The molecule has 0 saturated carbocycles. The summed E-state index contributed by atoms with van der Waals surface area (Å²) in [7, 11) is 0. The van der Waals surface area contributed by atoms with Crippen LogP contribution >= 0.6 is 0 Å². The first-order valence-electron chi connectivity index (χ1n) is 5.63. The zero-order chi connectivity index (χ0) is 10.8. The van der Waals surface area contributed by atoms with E-state index in [1.807, 2.05) is 6.20 Å². The standard InChI is InChI=1S/C11H20N4/c1-8-6-15(4-3-11(8)12)7-10-5-13-14-9(10)2/h5,8,11H,3-4,6-7,12H2,1-2H3,(H,13,14).